The van der Waals surface area contributed by atoms with Gasteiger partial charge >= 0.3 is 6.18 Å². The Bertz CT molecular complexity index is 704. The van der Waals surface area contributed by atoms with E-state index in [1.165, 1.54) is 6.07 Å². The number of hydrogen-bond donors (Lipinski definition) is 1. The van der Waals surface area contributed by atoms with Crippen molar-refractivity contribution in [2.75, 3.05) is 31.6 Å². The predicted molar refractivity (Wildman–Crippen MR) is 92.2 cm³/mol. The molecular formula is C19H23F3N2O3. The number of anilines is 1. The first-order chi connectivity index (χ1) is 12.9. The molecule has 8 heteroatoms. The van der Waals surface area contributed by atoms with Gasteiger partial charge in [-0.1, -0.05) is 6.07 Å². The van der Waals surface area contributed by atoms with Crippen molar-refractivity contribution in [3.63, 3.8) is 0 Å². The summed E-state index contributed by atoms with van der Waals surface area (Å²) in [6.45, 7) is 2.49. The summed E-state index contributed by atoms with van der Waals surface area (Å²) in [5.41, 5.74) is -0.303. The molecule has 1 N–H and O–H groups in total. The number of halogens is 3. The van der Waals surface area contributed by atoms with Crippen LogP contribution < -0.4 is 5.32 Å². The van der Waals surface area contributed by atoms with Gasteiger partial charge in [0.25, 0.3) is 0 Å². The summed E-state index contributed by atoms with van der Waals surface area (Å²) in [6.07, 6.45) is -2.00. The highest BCUT2D eigenvalue weighted by Crippen LogP contribution is 2.40. The lowest BCUT2D eigenvalue weighted by molar-refractivity contribution is -0.138. The zero-order valence-corrected chi connectivity index (χ0v) is 14.9. The van der Waals surface area contributed by atoms with Gasteiger partial charge in [0.05, 0.1) is 36.9 Å². The second kappa shape index (κ2) is 7.41. The fourth-order valence-corrected chi connectivity index (χ4v) is 4.20. The molecule has 3 aliphatic heterocycles. The van der Waals surface area contributed by atoms with Crippen LogP contribution in [0.1, 0.15) is 30.4 Å². The number of benzene rings is 1. The molecule has 3 atom stereocenters. The Kier molecular flexibility index (Phi) is 5.13. The number of fused-ring (bicyclic) bond motifs is 2. The van der Waals surface area contributed by atoms with Gasteiger partial charge in [0, 0.05) is 25.3 Å². The minimum Gasteiger partial charge on any atom is -0.379 e. The van der Waals surface area contributed by atoms with E-state index < -0.39 is 11.7 Å². The Morgan fingerprint density at radius 1 is 1.22 bits per heavy atom. The zero-order valence-electron chi connectivity index (χ0n) is 14.9. The lowest BCUT2D eigenvalue weighted by Gasteiger charge is -2.28. The molecular weight excluding hydrogens is 361 g/mol. The second-order valence-corrected chi connectivity index (χ2v) is 7.46. The third-order valence-corrected chi connectivity index (χ3v) is 5.62. The van der Waals surface area contributed by atoms with Crippen molar-refractivity contribution in [1.82, 2.24) is 4.90 Å². The van der Waals surface area contributed by atoms with Crippen LogP contribution in [0.5, 0.6) is 0 Å². The van der Waals surface area contributed by atoms with Crippen molar-refractivity contribution in [3.05, 3.63) is 29.3 Å². The minimum atomic E-state index is -4.47. The van der Waals surface area contributed by atoms with Gasteiger partial charge in [-0.3, -0.25) is 9.69 Å². The quantitative estimate of drug-likeness (QED) is 0.867. The minimum absolute atomic E-state index is 0.0994. The van der Waals surface area contributed by atoms with E-state index in [1.807, 2.05) is 4.90 Å². The van der Waals surface area contributed by atoms with Gasteiger partial charge in [-0.15, -0.1) is 0 Å². The maximum Gasteiger partial charge on any atom is 0.416 e. The van der Waals surface area contributed by atoms with Gasteiger partial charge in [0.15, 0.2) is 0 Å². The lowest BCUT2D eigenvalue weighted by Crippen LogP contribution is -2.36. The van der Waals surface area contributed by atoms with Crippen LogP contribution in [0.25, 0.3) is 0 Å². The van der Waals surface area contributed by atoms with Crippen molar-refractivity contribution in [3.8, 4) is 0 Å². The summed E-state index contributed by atoms with van der Waals surface area (Å²) >= 11 is 0. The smallest absolute Gasteiger partial charge is 0.379 e. The van der Waals surface area contributed by atoms with Gasteiger partial charge in [-0.25, -0.2) is 0 Å². The van der Waals surface area contributed by atoms with Crippen LogP contribution in [0, 0.1) is 5.92 Å². The molecule has 0 saturated carbocycles. The first-order valence-electron chi connectivity index (χ1n) is 9.37. The Hall–Kier alpha value is -1.64. The van der Waals surface area contributed by atoms with Gasteiger partial charge < -0.3 is 14.8 Å². The number of nitrogens with one attached hydrogen (secondary N) is 1. The highest BCUT2D eigenvalue weighted by molar-refractivity contribution is 5.93. The molecule has 2 bridgehead atoms. The Morgan fingerprint density at radius 3 is 2.63 bits per heavy atom. The van der Waals surface area contributed by atoms with Crippen LogP contribution >= 0.6 is 0 Å². The van der Waals surface area contributed by atoms with E-state index in [9.17, 15) is 18.0 Å². The SMILES string of the molecule is O=C(Nc1ccc(CN2CCOCC2)c(C(F)(F)F)c1)[C@@H]1C[C@H]2CC[C@@H]1O2. The molecule has 3 saturated heterocycles. The maximum absolute atomic E-state index is 13.6. The molecule has 0 unspecified atom stereocenters. The molecule has 1 amide bonds. The summed E-state index contributed by atoms with van der Waals surface area (Å²) in [4.78, 5) is 14.4. The highest BCUT2D eigenvalue weighted by atomic mass is 19.4. The number of carbonyl (C=O) groups excluding carboxylic acids is 1. The van der Waals surface area contributed by atoms with E-state index in [2.05, 4.69) is 5.32 Å². The van der Waals surface area contributed by atoms with Gasteiger partial charge in [-0.05, 0) is 37.0 Å². The van der Waals surface area contributed by atoms with Gasteiger partial charge in [0.2, 0.25) is 5.91 Å². The molecule has 0 spiro atoms. The average molecular weight is 384 g/mol. The van der Waals surface area contributed by atoms with Crippen molar-refractivity contribution in [2.24, 2.45) is 5.92 Å². The summed E-state index contributed by atoms with van der Waals surface area (Å²) in [6, 6.07) is 4.06. The van der Waals surface area contributed by atoms with Crippen LogP contribution in [0.3, 0.4) is 0 Å². The summed E-state index contributed by atoms with van der Waals surface area (Å²) in [5, 5.41) is 2.66. The fraction of sp³-hybridized carbons (Fsp3) is 0.632. The van der Waals surface area contributed by atoms with E-state index >= 15 is 0 Å². The Labute approximate surface area is 155 Å². The fourth-order valence-electron chi connectivity index (χ4n) is 4.20. The van der Waals surface area contributed by atoms with E-state index in [0.29, 0.717) is 32.7 Å². The van der Waals surface area contributed by atoms with Crippen molar-refractivity contribution < 1.29 is 27.4 Å². The van der Waals surface area contributed by atoms with E-state index in [1.54, 1.807) is 6.07 Å². The topological polar surface area (TPSA) is 50.8 Å². The molecule has 0 aliphatic carbocycles. The lowest BCUT2D eigenvalue weighted by atomic mass is 9.88. The molecule has 3 fully saturated rings. The Balaban J connectivity index is 1.49. The third kappa shape index (κ3) is 4.12. The van der Waals surface area contributed by atoms with Gasteiger partial charge in [0.1, 0.15) is 0 Å². The summed E-state index contributed by atoms with van der Waals surface area (Å²) in [7, 11) is 0. The number of morpholine rings is 1. The number of hydrogen-bond acceptors (Lipinski definition) is 4. The number of alkyl halides is 3. The van der Waals surface area contributed by atoms with Crippen LogP contribution in [-0.2, 0) is 27.0 Å². The Morgan fingerprint density at radius 2 is 2.00 bits per heavy atom. The van der Waals surface area contributed by atoms with Crippen LogP contribution in [0.4, 0.5) is 18.9 Å². The second-order valence-electron chi connectivity index (χ2n) is 7.46. The van der Waals surface area contributed by atoms with Crippen molar-refractivity contribution in [1.29, 1.82) is 0 Å². The number of rotatable bonds is 4. The number of ether oxygens (including phenoxy) is 2. The zero-order chi connectivity index (χ0) is 19.0. The molecule has 0 radical (unpaired) electrons. The molecule has 4 rings (SSSR count). The molecule has 3 heterocycles. The molecule has 0 aromatic heterocycles. The molecule has 5 nitrogen and oxygen atoms in total. The predicted octanol–water partition coefficient (Wildman–Crippen LogP) is 3.04. The average Bonchev–Trinajstić information content (AvgIpc) is 3.26. The van der Waals surface area contributed by atoms with Gasteiger partial charge in [-0.2, -0.15) is 13.2 Å². The molecule has 27 heavy (non-hydrogen) atoms. The third-order valence-electron chi connectivity index (χ3n) is 5.62. The maximum atomic E-state index is 13.6. The highest BCUT2D eigenvalue weighted by Gasteiger charge is 2.44. The standard InChI is InChI=1S/C19H23F3N2O3/c20-19(21,22)16-9-13(2-1-12(16)11-24-5-7-26-8-6-24)23-18(25)15-10-14-3-4-17(15)27-14/h1-2,9,14-15,17H,3-8,10-11H2,(H,23,25)/t14-,15-,17+/m1/s1. The number of carbonyl (C=O) groups is 1. The molecule has 1 aromatic rings. The monoisotopic (exact) mass is 384 g/mol. The van der Waals surface area contributed by atoms with Crippen LogP contribution in [0.2, 0.25) is 0 Å². The molecule has 3 aliphatic rings. The number of nitrogens with zero attached hydrogens (tertiary/aromatic N) is 1. The van der Waals surface area contributed by atoms with E-state index in [0.717, 1.165) is 18.9 Å². The first-order valence-corrected chi connectivity index (χ1v) is 9.37. The normalized spacial score (nSPS) is 28.5. The van der Waals surface area contributed by atoms with Crippen molar-refractivity contribution in [2.45, 2.75) is 44.2 Å². The van der Waals surface area contributed by atoms with Crippen LogP contribution in [0.15, 0.2) is 18.2 Å². The largest absolute Gasteiger partial charge is 0.416 e. The van der Waals surface area contributed by atoms with Crippen molar-refractivity contribution >= 4 is 11.6 Å². The molecule has 1 aromatic carbocycles. The van der Waals surface area contributed by atoms with E-state index in [4.69, 9.17) is 9.47 Å². The van der Waals surface area contributed by atoms with Crippen LogP contribution in [-0.4, -0.2) is 49.3 Å². The summed E-state index contributed by atoms with van der Waals surface area (Å²) in [5.74, 6) is -0.526. The number of amides is 1. The first kappa shape index (κ1) is 18.7. The molecule has 148 valence electrons. The van der Waals surface area contributed by atoms with E-state index in [-0.39, 0.29) is 41.8 Å². The summed E-state index contributed by atoms with van der Waals surface area (Å²) < 4.78 is 51.6.